The normalized spacial score (nSPS) is 10.0. The minimum Gasteiger partial charge on any atom is -0.451 e. The van der Waals surface area contributed by atoms with E-state index in [0.29, 0.717) is 16.1 Å². The molecule has 7 heteroatoms. The first-order valence-electron chi connectivity index (χ1n) is 6.84. The minimum atomic E-state index is -0.522. The third-order valence-electron chi connectivity index (χ3n) is 3.02. The summed E-state index contributed by atoms with van der Waals surface area (Å²) in [6.07, 6.45) is 0. The van der Waals surface area contributed by atoms with Gasteiger partial charge in [0.15, 0.2) is 6.61 Å². The lowest BCUT2D eigenvalue weighted by Gasteiger charge is -2.07. The molecule has 0 aliphatic heterocycles. The van der Waals surface area contributed by atoms with Crippen LogP contribution in [-0.4, -0.2) is 31.4 Å². The van der Waals surface area contributed by atoms with Gasteiger partial charge in [0, 0.05) is 18.3 Å². The molecule has 0 atom stereocenters. The number of benzene rings is 1. The Hall–Kier alpha value is -2.67. The first kappa shape index (κ1) is 16.7. The van der Waals surface area contributed by atoms with E-state index < -0.39 is 11.9 Å². The molecule has 0 unspecified atom stereocenters. The molecule has 0 bridgehead atoms. The maximum absolute atomic E-state index is 11.8. The van der Waals surface area contributed by atoms with E-state index in [1.165, 1.54) is 18.4 Å². The van der Waals surface area contributed by atoms with Crippen LogP contribution in [0.2, 0.25) is 0 Å². The van der Waals surface area contributed by atoms with Gasteiger partial charge in [-0.25, -0.2) is 4.79 Å². The van der Waals surface area contributed by atoms with Crippen molar-refractivity contribution in [2.24, 2.45) is 0 Å². The van der Waals surface area contributed by atoms with Gasteiger partial charge < -0.3 is 15.4 Å². The van der Waals surface area contributed by atoms with Crippen molar-refractivity contribution in [2.45, 2.75) is 6.92 Å². The summed E-state index contributed by atoms with van der Waals surface area (Å²) in [5.74, 6) is -1.24. The monoisotopic (exact) mass is 332 g/mol. The Bertz CT molecular complexity index is 739. The second-order valence-electron chi connectivity index (χ2n) is 4.72. The SMILES string of the molecule is CNC(=O)c1cccc(NC(=O)COC(=O)c2sccc2C)c1. The Morgan fingerprint density at radius 1 is 1.22 bits per heavy atom. The Balaban J connectivity index is 1.91. The summed E-state index contributed by atoms with van der Waals surface area (Å²) in [7, 11) is 1.53. The zero-order valence-electron chi connectivity index (χ0n) is 12.7. The van der Waals surface area contributed by atoms with Crippen LogP contribution < -0.4 is 10.6 Å². The molecule has 0 spiro atoms. The molecule has 1 aromatic heterocycles. The average Bonchev–Trinajstić information content (AvgIpc) is 2.98. The van der Waals surface area contributed by atoms with Crippen LogP contribution in [-0.2, 0) is 9.53 Å². The summed E-state index contributed by atoms with van der Waals surface area (Å²) in [4.78, 5) is 35.7. The summed E-state index contributed by atoms with van der Waals surface area (Å²) in [6.45, 7) is 1.41. The highest BCUT2D eigenvalue weighted by Crippen LogP contribution is 2.16. The number of thiophene rings is 1. The molecule has 0 aliphatic rings. The quantitative estimate of drug-likeness (QED) is 0.822. The Labute approximate surface area is 137 Å². The molecule has 0 saturated carbocycles. The van der Waals surface area contributed by atoms with Gasteiger partial charge in [-0.2, -0.15) is 0 Å². The molecule has 0 fully saturated rings. The topological polar surface area (TPSA) is 84.5 Å². The van der Waals surface area contributed by atoms with Gasteiger partial charge in [-0.05, 0) is 42.1 Å². The number of hydrogen-bond donors (Lipinski definition) is 2. The predicted molar refractivity (Wildman–Crippen MR) is 87.8 cm³/mol. The average molecular weight is 332 g/mol. The van der Waals surface area contributed by atoms with Crippen LogP contribution in [0.1, 0.15) is 25.6 Å². The van der Waals surface area contributed by atoms with E-state index >= 15 is 0 Å². The second-order valence-corrected chi connectivity index (χ2v) is 5.63. The van der Waals surface area contributed by atoms with Gasteiger partial charge >= 0.3 is 5.97 Å². The first-order valence-corrected chi connectivity index (χ1v) is 7.72. The lowest BCUT2D eigenvalue weighted by Crippen LogP contribution is -2.21. The Kier molecular flexibility index (Phi) is 5.48. The zero-order valence-corrected chi connectivity index (χ0v) is 13.5. The van der Waals surface area contributed by atoms with Crippen molar-refractivity contribution in [2.75, 3.05) is 19.0 Å². The number of anilines is 1. The van der Waals surface area contributed by atoms with Crippen LogP contribution in [0, 0.1) is 6.92 Å². The van der Waals surface area contributed by atoms with Gasteiger partial charge in [0.05, 0.1) is 0 Å². The number of esters is 1. The standard InChI is InChI=1S/C16H16N2O4S/c1-10-6-7-23-14(10)16(21)22-9-13(19)18-12-5-3-4-11(8-12)15(20)17-2/h3-8H,9H2,1-2H3,(H,17,20)(H,18,19). The molecule has 0 aliphatic carbocycles. The molecule has 2 rings (SSSR count). The Morgan fingerprint density at radius 3 is 2.65 bits per heavy atom. The van der Waals surface area contributed by atoms with Crippen LogP contribution >= 0.6 is 11.3 Å². The smallest absolute Gasteiger partial charge is 0.349 e. The van der Waals surface area contributed by atoms with Crippen LogP contribution in [0.3, 0.4) is 0 Å². The number of carbonyl (C=O) groups is 3. The van der Waals surface area contributed by atoms with E-state index in [1.54, 1.807) is 36.6 Å². The van der Waals surface area contributed by atoms with Gasteiger partial charge in [-0.3, -0.25) is 9.59 Å². The lowest BCUT2D eigenvalue weighted by molar-refractivity contribution is -0.119. The molecule has 120 valence electrons. The van der Waals surface area contributed by atoms with E-state index in [0.717, 1.165) is 5.56 Å². The van der Waals surface area contributed by atoms with Crippen LogP contribution in [0.4, 0.5) is 5.69 Å². The van der Waals surface area contributed by atoms with Crippen molar-refractivity contribution in [3.05, 3.63) is 51.7 Å². The second kappa shape index (κ2) is 7.55. The highest BCUT2D eigenvalue weighted by Gasteiger charge is 2.14. The highest BCUT2D eigenvalue weighted by atomic mass is 32.1. The van der Waals surface area contributed by atoms with Gasteiger partial charge in [-0.1, -0.05) is 6.07 Å². The van der Waals surface area contributed by atoms with Crippen molar-refractivity contribution in [3.63, 3.8) is 0 Å². The first-order chi connectivity index (χ1) is 11.0. The molecule has 2 N–H and O–H groups in total. The van der Waals surface area contributed by atoms with Gasteiger partial charge in [0.1, 0.15) is 4.88 Å². The molecular formula is C16H16N2O4S. The fourth-order valence-corrected chi connectivity index (χ4v) is 2.68. The Morgan fingerprint density at radius 2 is 2.00 bits per heavy atom. The van der Waals surface area contributed by atoms with Crippen molar-refractivity contribution in [1.29, 1.82) is 0 Å². The number of nitrogens with one attached hydrogen (secondary N) is 2. The van der Waals surface area contributed by atoms with Gasteiger partial charge in [0.25, 0.3) is 11.8 Å². The summed E-state index contributed by atoms with van der Waals surface area (Å²) in [5, 5.41) is 6.87. The maximum atomic E-state index is 11.8. The predicted octanol–water partition coefficient (Wildman–Crippen LogP) is 2.21. The summed E-state index contributed by atoms with van der Waals surface area (Å²) >= 11 is 1.27. The lowest BCUT2D eigenvalue weighted by atomic mass is 10.2. The number of aryl methyl sites for hydroxylation is 1. The van der Waals surface area contributed by atoms with Crippen LogP contribution in [0.15, 0.2) is 35.7 Å². The van der Waals surface area contributed by atoms with Crippen molar-refractivity contribution in [1.82, 2.24) is 5.32 Å². The number of rotatable bonds is 5. The molecule has 2 aromatic rings. The molecule has 1 aromatic carbocycles. The number of carbonyl (C=O) groups excluding carboxylic acids is 3. The molecule has 2 amide bonds. The zero-order chi connectivity index (χ0) is 16.8. The molecule has 0 radical (unpaired) electrons. The molecule has 1 heterocycles. The minimum absolute atomic E-state index is 0.249. The molecule has 0 saturated heterocycles. The third-order valence-corrected chi connectivity index (χ3v) is 4.01. The number of hydrogen-bond acceptors (Lipinski definition) is 5. The number of ether oxygens (including phenoxy) is 1. The van der Waals surface area contributed by atoms with Crippen molar-refractivity contribution >= 4 is 34.8 Å². The van der Waals surface area contributed by atoms with Crippen LogP contribution in [0.5, 0.6) is 0 Å². The fraction of sp³-hybridized carbons (Fsp3) is 0.188. The largest absolute Gasteiger partial charge is 0.451 e. The number of amides is 2. The van der Waals surface area contributed by atoms with Gasteiger partial charge in [-0.15, -0.1) is 11.3 Å². The van der Waals surface area contributed by atoms with E-state index in [4.69, 9.17) is 4.74 Å². The van der Waals surface area contributed by atoms with E-state index in [-0.39, 0.29) is 12.5 Å². The van der Waals surface area contributed by atoms with Crippen LogP contribution in [0.25, 0.3) is 0 Å². The van der Waals surface area contributed by atoms with E-state index in [9.17, 15) is 14.4 Å². The van der Waals surface area contributed by atoms with Crippen molar-refractivity contribution < 1.29 is 19.1 Å². The van der Waals surface area contributed by atoms with Crippen molar-refractivity contribution in [3.8, 4) is 0 Å². The molecule has 6 nitrogen and oxygen atoms in total. The maximum Gasteiger partial charge on any atom is 0.349 e. The summed E-state index contributed by atoms with van der Waals surface area (Å²) < 4.78 is 4.98. The fourth-order valence-electron chi connectivity index (χ4n) is 1.86. The van der Waals surface area contributed by atoms with E-state index in [1.807, 2.05) is 6.07 Å². The molecule has 23 heavy (non-hydrogen) atoms. The van der Waals surface area contributed by atoms with E-state index in [2.05, 4.69) is 10.6 Å². The molecular weight excluding hydrogens is 316 g/mol. The summed E-state index contributed by atoms with van der Waals surface area (Å²) in [6, 6.07) is 8.29. The van der Waals surface area contributed by atoms with Gasteiger partial charge in [0.2, 0.25) is 0 Å². The third kappa shape index (κ3) is 4.40. The summed E-state index contributed by atoms with van der Waals surface area (Å²) in [5.41, 5.74) is 1.70. The highest BCUT2D eigenvalue weighted by molar-refractivity contribution is 7.12.